The molecule has 1 aromatic carbocycles. The van der Waals surface area contributed by atoms with Gasteiger partial charge in [-0.25, -0.2) is 4.98 Å². The van der Waals surface area contributed by atoms with Gasteiger partial charge in [0.05, 0.1) is 47.8 Å². The highest BCUT2D eigenvalue weighted by molar-refractivity contribution is 6.35. The maximum absolute atomic E-state index is 13.9. The van der Waals surface area contributed by atoms with Crippen LogP contribution in [0.2, 0.25) is 5.02 Å². The van der Waals surface area contributed by atoms with E-state index in [1.165, 1.54) is 14.2 Å². The van der Waals surface area contributed by atoms with Gasteiger partial charge in [0.15, 0.2) is 6.29 Å². The molecule has 0 bridgehead atoms. The van der Waals surface area contributed by atoms with E-state index in [0.717, 1.165) is 22.8 Å². The number of aromatic nitrogens is 3. The number of hydrogen-bond acceptors (Lipinski definition) is 7. The Labute approximate surface area is 227 Å². The molecular formula is C28H22ClF3N4O3. The molecule has 1 aliphatic rings. The van der Waals surface area contributed by atoms with Gasteiger partial charge in [-0.15, -0.1) is 0 Å². The van der Waals surface area contributed by atoms with Crippen LogP contribution in [0.15, 0.2) is 54.7 Å². The maximum atomic E-state index is 13.9. The Balaban J connectivity index is 1.54. The van der Waals surface area contributed by atoms with Crippen molar-refractivity contribution < 1.29 is 27.4 Å². The molecule has 0 unspecified atom stereocenters. The van der Waals surface area contributed by atoms with E-state index in [1.54, 1.807) is 18.3 Å². The summed E-state index contributed by atoms with van der Waals surface area (Å²) in [7, 11) is 2.78. The van der Waals surface area contributed by atoms with E-state index < -0.39 is 23.6 Å². The van der Waals surface area contributed by atoms with Gasteiger partial charge in [-0.1, -0.05) is 35.9 Å². The van der Waals surface area contributed by atoms with Crippen molar-refractivity contribution in [2.45, 2.75) is 25.1 Å². The first-order valence-electron chi connectivity index (χ1n) is 11.9. The lowest BCUT2D eigenvalue weighted by molar-refractivity contribution is -0.137. The van der Waals surface area contributed by atoms with E-state index in [9.17, 15) is 18.0 Å². The average Bonchev–Trinajstić information content (AvgIpc) is 3.35. The Morgan fingerprint density at radius 3 is 2.56 bits per heavy atom. The molecule has 0 fully saturated rings. The minimum atomic E-state index is -4.73. The summed E-state index contributed by atoms with van der Waals surface area (Å²) in [6, 6.07) is 13.0. The number of carbonyl (C=O) groups is 1. The van der Waals surface area contributed by atoms with Gasteiger partial charge < -0.3 is 14.8 Å². The molecule has 0 saturated carbocycles. The predicted molar refractivity (Wildman–Crippen MR) is 140 cm³/mol. The van der Waals surface area contributed by atoms with E-state index in [-0.39, 0.29) is 17.7 Å². The lowest BCUT2D eigenvalue weighted by Crippen LogP contribution is -2.16. The Morgan fingerprint density at radius 2 is 1.85 bits per heavy atom. The highest BCUT2D eigenvalue weighted by Gasteiger charge is 2.37. The van der Waals surface area contributed by atoms with Gasteiger partial charge in [-0.05, 0) is 42.2 Å². The predicted octanol–water partition coefficient (Wildman–Crippen LogP) is 6.81. The SMILES string of the molecule is COc1cccc(-c2ccnc(-c3cccc4c3CC[C@@H]4Nc3nc(OC)c(C=O)cc3C(F)(F)F)c2Cl)n1. The molecule has 7 nitrogen and oxygen atoms in total. The van der Waals surface area contributed by atoms with Crippen LogP contribution in [-0.2, 0) is 12.6 Å². The van der Waals surface area contributed by atoms with Crippen LogP contribution >= 0.6 is 11.6 Å². The molecule has 1 atom stereocenters. The summed E-state index contributed by atoms with van der Waals surface area (Å²) in [6.07, 6.45) is -1.71. The van der Waals surface area contributed by atoms with Gasteiger partial charge in [0.25, 0.3) is 0 Å². The smallest absolute Gasteiger partial charge is 0.419 e. The molecule has 39 heavy (non-hydrogen) atoms. The van der Waals surface area contributed by atoms with Crippen LogP contribution in [-0.4, -0.2) is 35.5 Å². The lowest BCUT2D eigenvalue weighted by Gasteiger charge is -2.20. The van der Waals surface area contributed by atoms with Crippen molar-refractivity contribution in [2.75, 3.05) is 19.5 Å². The zero-order valence-electron chi connectivity index (χ0n) is 20.8. The second kappa shape index (κ2) is 10.5. The van der Waals surface area contributed by atoms with E-state index in [0.29, 0.717) is 40.7 Å². The number of fused-ring (bicyclic) bond motifs is 1. The number of methoxy groups -OCH3 is 2. The van der Waals surface area contributed by atoms with Crippen LogP contribution in [0.25, 0.3) is 22.5 Å². The first-order valence-corrected chi connectivity index (χ1v) is 12.3. The third-order valence-electron chi connectivity index (χ3n) is 6.58. The molecule has 3 heterocycles. The molecular weight excluding hydrogens is 533 g/mol. The van der Waals surface area contributed by atoms with Gasteiger partial charge in [-0.3, -0.25) is 9.78 Å². The van der Waals surface area contributed by atoms with Gasteiger partial charge in [-0.2, -0.15) is 18.2 Å². The molecule has 200 valence electrons. The number of nitrogens with one attached hydrogen (secondary N) is 1. The molecule has 4 aromatic rings. The summed E-state index contributed by atoms with van der Waals surface area (Å²) in [5.41, 5.74) is 3.02. The summed E-state index contributed by atoms with van der Waals surface area (Å²) >= 11 is 6.84. The Bertz CT molecular complexity index is 1560. The fourth-order valence-corrected chi connectivity index (χ4v) is 5.10. The number of hydrogen-bond donors (Lipinski definition) is 1. The molecule has 0 radical (unpaired) electrons. The number of aldehydes is 1. The lowest BCUT2D eigenvalue weighted by atomic mass is 9.98. The molecule has 11 heteroatoms. The van der Waals surface area contributed by atoms with Crippen molar-refractivity contribution in [2.24, 2.45) is 0 Å². The van der Waals surface area contributed by atoms with E-state index in [4.69, 9.17) is 21.1 Å². The first kappa shape index (κ1) is 26.4. The highest BCUT2D eigenvalue weighted by Crippen LogP contribution is 2.44. The number of benzene rings is 1. The topological polar surface area (TPSA) is 86.2 Å². The second-order valence-corrected chi connectivity index (χ2v) is 9.17. The minimum absolute atomic E-state index is 0.189. The third kappa shape index (κ3) is 4.99. The van der Waals surface area contributed by atoms with Gasteiger partial charge in [0, 0.05) is 23.4 Å². The standard InChI is InChI=1S/C28H22ClF3N4O3/c1-38-23-8-4-7-21(34-23)19-11-12-33-25(24(19)29)18-6-3-5-17-16(18)9-10-22(17)35-26-20(28(30,31)32)13-15(14-37)27(36-26)39-2/h3-8,11-14,22H,9-10H2,1-2H3,(H,35,36)/t22-/m0/s1. The summed E-state index contributed by atoms with van der Waals surface area (Å²) in [5.74, 6) is -0.150. The second-order valence-electron chi connectivity index (χ2n) is 8.79. The Kier molecular flexibility index (Phi) is 7.14. The molecule has 1 aliphatic carbocycles. The van der Waals surface area contributed by atoms with Crippen molar-refractivity contribution in [1.82, 2.24) is 15.0 Å². The summed E-state index contributed by atoms with van der Waals surface area (Å²) < 4.78 is 51.8. The number of ether oxygens (including phenoxy) is 2. The summed E-state index contributed by atoms with van der Waals surface area (Å²) in [4.78, 5) is 24.3. The third-order valence-corrected chi connectivity index (χ3v) is 6.96. The van der Waals surface area contributed by atoms with Gasteiger partial charge in [0.2, 0.25) is 11.8 Å². The van der Waals surface area contributed by atoms with E-state index in [2.05, 4.69) is 20.3 Å². The van der Waals surface area contributed by atoms with Crippen LogP contribution in [0.5, 0.6) is 11.8 Å². The molecule has 5 rings (SSSR count). The molecule has 0 saturated heterocycles. The molecule has 3 aromatic heterocycles. The summed E-state index contributed by atoms with van der Waals surface area (Å²) in [6.45, 7) is 0. The monoisotopic (exact) mass is 554 g/mol. The zero-order chi connectivity index (χ0) is 27.7. The first-order chi connectivity index (χ1) is 18.7. The largest absolute Gasteiger partial charge is 0.481 e. The fourth-order valence-electron chi connectivity index (χ4n) is 4.78. The van der Waals surface area contributed by atoms with Crippen molar-refractivity contribution in [3.8, 4) is 34.3 Å². The Morgan fingerprint density at radius 1 is 1.05 bits per heavy atom. The van der Waals surface area contributed by atoms with Crippen molar-refractivity contribution >= 4 is 23.7 Å². The fraction of sp³-hybridized carbons (Fsp3) is 0.214. The van der Waals surface area contributed by atoms with Crippen LogP contribution in [0, 0.1) is 0 Å². The van der Waals surface area contributed by atoms with E-state index >= 15 is 0 Å². The normalized spacial score (nSPS) is 14.6. The number of halogens is 4. The molecule has 1 N–H and O–H groups in total. The van der Waals surface area contributed by atoms with Crippen molar-refractivity contribution in [3.05, 3.63) is 82.0 Å². The van der Waals surface area contributed by atoms with Crippen LogP contribution in [0.4, 0.5) is 19.0 Å². The number of carbonyl (C=O) groups excluding carboxylic acids is 1. The number of rotatable bonds is 7. The number of alkyl halides is 3. The van der Waals surface area contributed by atoms with Crippen LogP contribution in [0.1, 0.15) is 39.5 Å². The number of anilines is 1. The van der Waals surface area contributed by atoms with Gasteiger partial charge >= 0.3 is 6.18 Å². The quantitative estimate of drug-likeness (QED) is 0.251. The van der Waals surface area contributed by atoms with Gasteiger partial charge in [0.1, 0.15) is 5.82 Å². The maximum Gasteiger partial charge on any atom is 0.419 e. The van der Waals surface area contributed by atoms with Crippen molar-refractivity contribution in [1.29, 1.82) is 0 Å². The van der Waals surface area contributed by atoms with Crippen molar-refractivity contribution in [3.63, 3.8) is 0 Å². The minimum Gasteiger partial charge on any atom is -0.481 e. The highest BCUT2D eigenvalue weighted by atomic mass is 35.5. The number of nitrogens with zero attached hydrogens (tertiary/aromatic N) is 3. The molecule has 0 aliphatic heterocycles. The number of pyridine rings is 3. The summed E-state index contributed by atoms with van der Waals surface area (Å²) in [5, 5.41) is 3.34. The zero-order valence-corrected chi connectivity index (χ0v) is 21.6. The van der Waals surface area contributed by atoms with Crippen LogP contribution in [0.3, 0.4) is 0 Å². The van der Waals surface area contributed by atoms with Crippen LogP contribution < -0.4 is 14.8 Å². The van der Waals surface area contributed by atoms with E-state index in [1.807, 2.05) is 30.3 Å². The molecule has 0 amide bonds. The average molecular weight is 555 g/mol. The Hall–Kier alpha value is -4.18. The molecule has 0 spiro atoms.